The molecule has 2 amide bonds. The van der Waals surface area contributed by atoms with Gasteiger partial charge in [-0.15, -0.1) is 24.0 Å². The Kier molecular flexibility index (Phi) is 9.64. The van der Waals surface area contributed by atoms with Crippen LogP contribution in [0, 0.1) is 5.92 Å². The second-order valence-corrected chi connectivity index (χ2v) is 9.02. The van der Waals surface area contributed by atoms with Gasteiger partial charge in [-0.1, -0.05) is 31.0 Å². The van der Waals surface area contributed by atoms with E-state index in [1.54, 1.807) is 7.05 Å². The zero-order chi connectivity index (χ0) is 22.3. The van der Waals surface area contributed by atoms with Crippen LogP contribution >= 0.6 is 24.0 Å². The van der Waals surface area contributed by atoms with Gasteiger partial charge in [0.1, 0.15) is 0 Å². The van der Waals surface area contributed by atoms with Crippen LogP contribution in [0.4, 0.5) is 5.69 Å². The zero-order valence-corrected chi connectivity index (χ0v) is 21.9. The molecule has 9 heteroatoms. The van der Waals surface area contributed by atoms with Crippen LogP contribution in [0.5, 0.6) is 0 Å². The van der Waals surface area contributed by atoms with E-state index in [1.807, 2.05) is 28.0 Å². The lowest BCUT2D eigenvalue weighted by Gasteiger charge is -2.36. The summed E-state index contributed by atoms with van der Waals surface area (Å²) in [5.74, 6) is 1.26. The molecule has 2 heterocycles. The molecule has 33 heavy (non-hydrogen) atoms. The molecule has 2 aliphatic heterocycles. The first-order valence-electron chi connectivity index (χ1n) is 12.0. The number of hydrogen-bond acceptors (Lipinski definition) is 4. The molecule has 1 aliphatic carbocycles. The summed E-state index contributed by atoms with van der Waals surface area (Å²) in [6, 6.07) is 10.5. The molecule has 8 nitrogen and oxygen atoms in total. The Morgan fingerprint density at radius 2 is 1.67 bits per heavy atom. The van der Waals surface area contributed by atoms with Gasteiger partial charge >= 0.3 is 0 Å². The number of nitrogens with one attached hydrogen (secondary N) is 2. The number of anilines is 1. The average molecular weight is 569 g/mol. The number of hydrogen-bond donors (Lipinski definition) is 2. The second-order valence-electron chi connectivity index (χ2n) is 9.02. The monoisotopic (exact) mass is 568 g/mol. The highest BCUT2D eigenvalue weighted by Gasteiger charge is 2.32. The molecule has 2 saturated heterocycles. The highest BCUT2D eigenvalue weighted by molar-refractivity contribution is 14.0. The molecule has 2 N–H and O–H groups in total. The number of aliphatic imine (C=N–C) groups is 1. The van der Waals surface area contributed by atoms with Gasteiger partial charge in [0.05, 0.1) is 6.54 Å². The van der Waals surface area contributed by atoms with Crippen molar-refractivity contribution in [2.45, 2.75) is 38.1 Å². The van der Waals surface area contributed by atoms with E-state index >= 15 is 0 Å². The molecule has 1 atom stereocenters. The number of nitrogens with zero attached hydrogens (tertiary/aromatic N) is 4. The number of para-hydroxylation sites is 1. The van der Waals surface area contributed by atoms with E-state index < -0.39 is 0 Å². The molecule has 0 spiro atoms. The van der Waals surface area contributed by atoms with Crippen LogP contribution in [0.3, 0.4) is 0 Å². The van der Waals surface area contributed by atoms with Crippen molar-refractivity contribution < 1.29 is 9.59 Å². The molecule has 1 aromatic carbocycles. The number of rotatable bonds is 5. The predicted molar refractivity (Wildman–Crippen MR) is 142 cm³/mol. The molecule has 0 bridgehead atoms. The maximum absolute atomic E-state index is 12.7. The van der Waals surface area contributed by atoms with Crippen LogP contribution in [0.2, 0.25) is 0 Å². The minimum Gasteiger partial charge on any atom is -0.368 e. The predicted octanol–water partition coefficient (Wildman–Crippen LogP) is 1.91. The van der Waals surface area contributed by atoms with E-state index in [9.17, 15) is 9.59 Å². The quantitative estimate of drug-likeness (QED) is 0.323. The maximum Gasteiger partial charge on any atom is 0.242 e. The number of piperazine rings is 1. The van der Waals surface area contributed by atoms with Crippen molar-refractivity contribution in [1.29, 1.82) is 0 Å². The first-order chi connectivity index (χ1) is 15.6. The summed E-state index contributed by atoms with van der Waals surface area (Å²) < 4.78 is 0. The first-order valence-corrected chi connectivity index (χ1v) is 12.0. The molecule has 1 aromatic rings. The van der Waals surface area contributed by atoms with Crippen LogP contribution in [0.25, 0.3) is 0 Å². The van der Waals surface area contributed by atoms with Crippen molar-refractivity contribution >= 4 is 47.4 Å². The fourth-order valence-corrected chi connectivity index (χ4v) is 5.02. The molecule has 1 unspecified atom stereocenters. The van der Waals surface area contributed by atoms with Crippen molar-refractivity contribution in [3.05, 3.63) is 30.3 Å². The van der Waals surface area contributed by atoms with Gasteiger partial charge in [0, 0.05) is 64.0 Å². The van der Waals surface area contributed by atoms with Crippen LogP contribution in [-0.4, -0.2) is 86.5 Å². The average Bonchev–Trinajstić information content (AvgIpc) is 3.54. The lowest BCUT2D eigenvalue weighted by Crippen LogP contribution is -2.53. The van der Waals surface area contributed by atoms with E-state index in [4.69, 9.17) is 0 Å². The van der Waals surface area contributed by atoms with Crippen molar-refractivity contribution in [1.82, 2.24) is 20.4 Å². The smallest absolute Gasteiger partial charge is 0.242 e. The Morgan fingerprint density at radius 1 is 0.970 bits per heavy atom. The van der Waals surface area contributed by atoms with Crippen LogP contribution in [0.1, 0.15) is 32.1 Å². The van der Waals surface area contributed by atoms with Crippen LogP contribution in [0.15, 0.2) is 35.3 Å². The summed E-state index contributed by atoms with van der Waals surface area (Å²) in [6.07, 6.45) is 5.35. The Hall–Kier alpha value is -2.04. The SMILES string of the molecule is CN=C(NCC(=O)N1CCN(c2ccccc2)CC1)NC1CCN(C(=O)C2CCCC2)C1.I. The molecule has 4 rings (SSSR count). The van der Waals surface area contributed by atoms with Crippen molar-refractivity contribution in [2.75, 3.05) is 57.8 Å². The van der Waals surface area contributed by atoms with Gasteiger partial charge in [-0.05, 0) is 31.4 Å². The Bertz CT molecular complexity index is 806. The third-order valence-electron chi connectivity index (χ3n) is 6.93. The Labute approximate surface area is 214 Å². The molecule has 0 aromatic heterocycles. The van der Waals surface area contributed by atoms with Crippen molar-refractivity contribution in [3.8, 4) is 0 Å². The van der Waals surface area contributed by atoms with E-state index in [0.717, 1.165) is 52.0 Å². The summed E-state index contributed by atoms with van der Waals surface area (Å²) in [4.78, 5) is 35.9. The number of guanidine groups is 1. The van der Waals surface area contributed by atoms with E-state index in [1.165, 1.54) is 18.5 Å². The Balaban J connectivity index is 0.00000306. The number of carbonyl (C=O) groups excluding carboxylic acids is 2. The number of halogens is 1. The van der Waals surface area contributed by atoms with Crippen LogP contribution in [-0.2, 0) is 9.59 Å². The van der Waals surface area contributed by atoms with E-state index in [2.05, 4.69) is 32.7 Å². The molecule has 1 saturated carbocycles. The minimum absolute atomic E-state index is 0. The van der Waals surface area contributed by atoms with Crippen molar-refractivity contribution in [3.63, 3.8) is 0 Å². The molecular weight excluding hydrogens is 531 g/mol. The van der Waals surface area contributed by atoms with Gasteiger partial charge in [-0.25, -0.2) is 0 Å². The zero-order valence-electron chi connectivity index (χ0n) is 19.5. The molecule has 3 fully saturated rings. The number of benzene rings is 1. The summed E-state index contributed by atoms with van der Waals surface area (Å²) in [6.45, 7) is 4.87. The highest BCUT2D eigenvalue weighted by Crippen LogP contribution is 2.27. The number of amides is 2. The van der Waals surface area contributed by atoms with E-state index in [-0.39, 0.29) is 48.4 Å². The molecule has 3 aliphatic rings. The Morgan fingerprint density at radius 3 is 2.33 bits per heavy atom. The highest BCUT2D eigenvalue weighted by atomic mass is 127. The summed E-state index contributed by atoms with van der Waals surface area (Å²) in [5.41, 5.74) is 1.21. The summed E-state index contributed by atoms with van der Waals surface area (Å²) >= 11 is 0. The van der Waals surface area contributed by atoms with Gasteiger partial charge in [0.15, 0.2) is 5.96 Å². The van der Waals surface area contributed by atoms with Crippen LogP contribution < -0.4 is 15.5 Å². The van der Waals surface area contributed by atoms with Gasteiger partial charge in [0.2, 0.25) is 11.8 Å². The van der Waals surface area contributed by atoms with E-state index in [0.29, 0.717) is 18.4 Å². The lowest BCUT2D eigenvalue weighted by molar-refractivity contribution is -0.134. The second kappa shape index (κ2) is 12.4. The fourth-order valence-electron chi connectivity index (χ4n) is 5.02. The summed E-state index contributed by atoms with van der Waals surface area (Å²) in [5, 5.41) is 6.56. The van der Waals surface area contributed by atoms with Gasteiger partial charge in [-0.2, -0.15) is 0 Å². The first kappa shape index (κ1) is 25.6. The lowest BCUT2D eigenvalue weighted by atomic mass is 10.1. The normalized spacial score (nSPS) is 21.7. The number of carbonyl (C=O) groups is 2. The summed E-state index contributed by atoms with van der Waals surface area (Å²) in [7, 11) is 1.72. The topological polar surface area (TPSA) is 80.3 Å². The van der Waals surface area contributed by atoms with Crippen molar-refractivity contribution in [2.24, 2.45) is 10.9 Å². The van der Waals surface area contributed by atoms with Gasteiger partial charge in [-0.3, -0.25) is 14.6 Å². The van der Waals surface area contributed by atoms with Gasteiger partial charge in [0.25, 0.3) is 0 Å². The van der Waals surface area contributed by atoms with Gasteiger partial charge < -0.3 is 25.3 Å². The molecular formula is C24H37IN6O2. The third-order valence-corrected chi connectivity index (χ3v) is 6.93. The molecule has 182 valence electrons. The third kappa shape index (κ3) is 6.74. The fraction of sp³-hybridized carbons (Fsp3) is 0.625. The largest absolute Gasteiger partial charge is 0.368 e. The molecule has 0 radical (unpaired) electrons. The number of likely N-dealkylation sites (tertiary alicyclic amines) is 1. The maximum atomic E-state index is 12.7. The minimum atomic E-state index is 0. The standard InChI is InChI=1S/C24H36N6O2.HI/c1-25-24(27-20-11-12-30(18-20)23(32)19-7-5-6-8-19)26-17-22(31)29-15-13-28(14-16-29)21-9-3-2-4-10-21;/h2-4,9-10,19-20H,5-8,11-18H2,1H3,(H2,25,26,27);1H.